The van der Waals surface area contributed by atoms with E-state index in [-0.39, 0.29) is 5.54 Å². The summed E-state index contributed by atoms with van der Waals surface area (Å²) in [7, 11) is 0. The second kappa shape index (κ2) is 3.62. The minimum absolute atomic E-state index is 0.121. The summed E-state index contributed by atoms with van der Waals surface area (Å²) >= 11 is 0. The van der Waals surface area contributed by atoms with Crippen LogP contribution >= 0.6 is 0 Å². The molecule has 0 aliphatic carbocycles. The average Bonchev–Trinajstić information content (AvgIpc) is 2.57. The second-order valence-corrected chi connectivity index (χ2v) is 4.68. The van der Waals surface area contributed by atoms with Crippen LogP contribution in [0.3, 0.4) is 0 Å². The maximum atomic E-state index is 4.26. The van der Waals surface area contributed by atoms with Gasteiger partial charge in [0.2, 0.25) is 0 Å². The molecule has 0 spiro atoms. The van der Waals surface area contributed by atoms with E-state index in [4.69, 9.17) is 0 Å². The number of hydrogen-bond acceptors (Lipinski definition) is 3. The third-order valence-electron chi connectivity index (χ3n) is 2.21. The monoisotopic (exact) mass is 204 g/mol. The summed E-state index contributed by atoms with van der Waals surface area (Å²) < 4.78 is 1.84. The molecule has 15 heavy (non-hydrogen) atoms. The first-order chi connectivity index (χ1) is 7.06. The van der Waals surface area contributed by atoms with E-state index in [0.29, 0.717) is 0 Å². The maximum absolute atomic E-state index is 4.26. The van der Waals surface area contributed by atoms with Crippen LogP contribution in [-0.4, -0.2) is 20.1 Å². The Hall–Kier alpha value is -1.42. The summed E-state index contributed by atoms with van der Waals surface area (Å²) in [6, 6.07) is 0. The summed E-state index contributed by atoms with van der Waals surface area (Å²) in [5, 5.41) is 7.69. The molecule has 1 N–H and O–H groups in total. The summed E-state index contributed by atoms with van der Waals surface area (Å²) in [4.78, 5) is 4.10. The van der Waals surface area contributed by atoms with Crippen LogP contribution in [0.5, 0.6) is 0 Å². The molecule has 2 aromatic rings. The zero-order valence-electron chi connectivity index (χ0n) is 9.36. The van der Waals surface area contributed by atoms with Crippen LogP contribution in [0.1, 0.15) is 26.3 Å². The highest BCUT2D eigenvalue weighted by Gasteiger charge is 2.10. The fourth-order valence-electron chi connectivity index (χ4n) is 1.38. The number of nitrogens with one attached hydrogen (secondary N) is 1. The lowest BCUT2D eigenvalue weighted by Crippen LogP contribution is -2.35. The number of fused-ring (bicyclic) bond motifs is 1. The highest BCUT2D eigenvalue weighted by Crippen LogP contribution is 2.10. The molecule has 0 saturated heterocycles. The largest absolute Gasteiger partial charge is 0.308 e. The predicted octanol–water partition coefficient (Wildman–Crippen LogP) is 1.62. The Kier molecular flexibility index (Phi) is 2.44. The van der Waals surface area contributed by atoms with Crippen molar-refractivity contribution in [3.05, 3.63) is 30.4 Å². The summed E-state index contributed by atoms with van der Waals surface area (Å²) in [5.74, 6) is 0. The molecule has 0 fully saturated rings. The fraction of sp³-hybridized carbons (Fsp3) is 0.455. The minimum Gasteiger partial charge on any atom is -0.308 e. The Morgan fingerprint density at radius 1 is 1.33 bits per heavy atom. The Morgan fingerprint density at radius 3 is 2.87 bits per heavy atom. The molecule has 0 aliphatic heterocycles. The van der Waals surface area contributed by atoms with Crippen LogP contribution in [0.4, 0.5) is 0 Å². The molecule has 2 heterocycles. The van der Waals surface area contributed by atoms with Crippen LogP contribution in [-0.2, 0) is 6.54 Å². The van der Waals surface area contributed by atoms with Crippen LogP contribution in [0.25, 0.3) is 5.52 Å². The molecule has 0 atom stereocenters. The fourth-order valence-corrected chi connectivity index (χ4v) is 1.38. The van der Waals surface area contributed by atoms with Gasteiger partial charge in [-0.15, -0.1) is 0 Å². The van der Waals surface area contributed by atoms with Crippen LogP contribution in [0.15, 0.2) is 24.8 Å². The van der Waals surface area contributed by atoms with Gasteiger partial charge < -0.3 is 5.32 Å². The summed E-state index contributed by atoms with van der Waals surface area (Å²) in [6.45, 7) is 7.27. The van der Waals surface area contributed by atoms with Crippen molar-refractivity contribution < 1.29 is 0 Å². The molecule has 4 heteroatoms. The van der Waals surface area contributed by atoms with Crippen molar-refractivity contribution in [2.24, 2.45) is 0 Å². The van der Waals surface area contributed by atoms with Crippen molar-refractivity contribution in [3.8, 4) is 0 Å². The minimum atomic E-state index is 0.121. The molecular formula is C11H16N4. The van der Waals surface area contributed by atoms with Gasteiger partial charge in [-0.25, -0.2) is 4.52 Å². The van der Waals surface area contributed by atoms with Gasteiger partial charge in [0.1, 0.15) is 0 Å². The molecule has 2 aromatic heterocycles. The lowest BCUT2D eigenvalue weighted by atomic mass is 10.1. The molecule has 0 bridgehead atoms. The van der Waals surface area contributed by atoms with Gasteiger partial charge in [0, 0.05) is 30.0 Å². The first-order valence-corrected chi connectivity index (χ1v) is 5.07. The van der Waals surface area contributed by atoms with Gasteiger partial charge >= 0.3 is 0 Å². The van der Waals surface area contributed by atoms with Gasteiger partial charge in [-0.2, -0.15) is 5.10 Å². The normalized spacial score (nSPS) is 12.2. The molecular weight excluding hydrogens is 188 g/mol. The number of aromatic nitrogens is 3. The zero-order valence-corrected chi connectivity index (χ0v) is 9.36. The highest BCUT2D eigenvalue weighted by atomic mass is 15.2. The quantitative estimate of drug-likeness (QED) is 0.808. The zero-order chi connectivity index (χ0) is 10.9. The van der Waals surface area contributed by atoms with Gasteiger partial charge in [0.05, 0.1) is 17.9 Å². The second-order valence-electron chi connectivity index (χ2n) is 4.68. The summed E-state index contributed by atoms with van der Waals surface area (Å²) in [5.41, 5.74) is 2.36. The molecule has 2 rings (SSSR count). The molecule has 0 aromatic carbocycles. The average molecular weight is 204 g/mol. The van der Waals surface area contributed by atoms with Crippen molar-refractivity contribution in [3.63, 3.8) is 0 Å². The lowest BCUT2D eigenvalue weighted by Gasteiger charge is -2.19. The van der Waals surface area contributed by atoms with Crippen molar-refractivity contribution >= 4 is 5.52 Å². The molecule has 80 valence electrons. The van der Waals surface area contributed by atoms with Crippen molar-refractivity contribution in [2.45, 2.75) is 32.9 Å². The van der Waals surface area contributed by atoms with Gasteiger partial charge in [-0.3, -0.25) is 4.98 Å². The third kappa shape index (κ3) is 2.33. The van der Waals surface area contributed by atoms with Crippen LogP contribution in [0.2, 0.25) is 0 Å². The number of hydrogen-bond donors (Lipinski definition) is 1. The van der Waals surface area contributed by atoms with Crippen molar-refractivity contribution in [1.82, 2.24) is 19.9 Å². The van der Waals surface area contributed by atoms with Crippen LogP contribution in [0, 0.1) is 0 Å². The standard InChI is InChI=1S/C11H16N4/c1-11(2,3)13-6-9-7-14-15-5-4-12-8-10(9)15/h4-5,7-8,13H,6H2,1-3H3. The molecule has 0 unspecified atom stereocenters. The number of nitrogens with zero attached hydrogens (tertiary/aromatic N) is 3. The Balaban J connectivity index is 2.22. The van der Waals surface area contributed by atoms with E-state index in [1.165, 1.54) is 5.56 Å². The number of rotatable bonds is 2. The molecule has 0 radical (unpaired) electrons. The van der Waals surface area contributed by atoms with E-state index in [2.05, 4.69) is 36.2 Å². The van der Waals surface area contributed by atoms with E-state index in [0.717, 1.165) is 12.1 Å². The first-order valence-electron chi connectivity index (χ1n) is 5.07. The smallest absolute Gasteiger partial charge is 0.0889 e. The lowest BCUT2D eigenvalue weighted by molar-refractivity contribution is 0.425. The van der Waals surface area contributed by atoms with Gasteiger partial charge in [-0.1, -0.05) is 0 Å². The Labute approximate surface area is 89.3 Å². The topological polar surface area (TPSA) is 42.2 Å². The molecule has 0 saturated carbocycles. The summed E-state index contributed by atoms with van der Waals surface area (Å²) in [6.07, 6.45) is 7.32. The van der Waals surface area contributed by atoms with Gasteiger partial charge in [0.15, 0.2) is 0 Å². The van der Waals surface area contributed by atoms with Gasteiger partial charge in [-0.05, 0) is 20.8 Å². The van der Waals surface area contributed by atoms with E-state index < -0.39 is 0 Å². The van der Waals surface area contributed by atoms with E-state index >= 15 is 0 Å². The van der Waals surface area contributed by atoms with E-state index in [1.807, 2.05) is 23.1 Å². The van der Waals surface area contributed by atoms with Gasteiger partial charge in [0.25, 0.3) is 0 Å². The van der Waals surface area contributed by atoms with E-state index in [1.54, 1.807) is 6.20 Å². The maximum Gasteiger partial charge on any atom is 0.0889 e. The molecule has 0 aliphatic rings. The molecule has 0 amide bonds. The Bertz CT molecular complexity index is 453. The molecule has 4 nitrogen and oxygen atoms in total. The first kappa shape index (κ1) is 10.1. The Morgan fingerprint density at radius 2 is 2.13 bits per heavy atom. The van der Waals surface area contributed by atoms with Crippen LogP contribution < -0.4 is 5.32 Å². The van der Waals surface area contributed by atoms with E-state index in [9.17, 15) is 0 Å². The predicted molar refractivity (Wildman–Crippen MR) is 59.6 cm³/mol. The van der Waals surface area contributed by atoms with Crippen molar-refractivity contribution in [2.75, 3.05) is 0 Å². The third-order valence-corrected chi connectivity index (χ3v) is 2.21. The highest BCUT2D eigenvalue weighted by molar-refractivity contribution is 5.51. The van der Waals surface area contributed by atoms with Crippen molar-refractivity contribution in [1.29, 1.82) is 0 Å². The SMILES string of the molecule is CC(C)(C)NCc1cnn2ccncc12.